The molecule has 1 spiro atoms. The van der Waals surface area contributed by atoms with Gasteiger partial charge < -0.3 is 35.0 Å². The molecular weight excluding hydrogens is 496 g/mol. The lowest BCUT2D eigenvalue weighted by molar-refractivity contribution is -0.0835. The van der Waals surface area contributed by atoms with Crippen LogP contribution in [0.2, 0.25) is 5.02 Å². The Labute approximate surface area is 222 Å². The van der Waals surface area contributed by atoms with Gasteiger partial charge >= 0.3 is 0 Å². The second-order valence-electron chi connectivity index (χ2n) is 10.5. The molecule has 1 aliphatic carbocycles. The van der Waals surface area contributed by atoms with E-state index in [1.807, 2.05) is 12.1 Å². The monoisotopic (exact) mass is 530 g/mol. The van der Waals surface area contributed by atoms with Crippen LogP contribution in [0.15, 0.2) is 36.4 Å². The van der Waals surface area contributed by atoms with E-state index >= 15 is 0 Å². The van der Waals surface area contributed by atoms with Crippen molar-refractivity contribution in [1.29, 1.82) is 0 Å². The number of nitrogens with zero attached hydrogens (tertiary/aromatic N) is 1. The van der Waals surface area contributed by atoms with Crippen LogP contribution in [-0.4, -0.2) is 70.6 Å². The zero-order valence-electron chi connectivity index (χ0n) is 20.9. The number of carbonyl (C=O) groups is 1. The van der Waals surface area contributed by atoms with E-state index < -0.39 is 6.10 Å². The summed E-state index contributed by atoms with van der Waals surface area (Å²) in [6, 6.07) is 10.3. The highest BCUT2D eigenvalue weighted by molar-refractivity contribution is 6.30. The summed E-state index contributed by atoms with van der Waals surface area (Å²) >= 11 is 6.14. The van der Waals surface area contributed by atoms with Crippen LogP contribution in [0, 0.1) is 0 Å². The predicted molar refractivity (Wildman–Crippen MR) is 139 cm³/mol. The Hall–Kier alpha value is -2.36. The SMILES string of the molecule is O=C(NC1CCC(O)CC1)c1ccc(O)cc1OC[C@H](O)CN1CCC2(CC1)OCc1cc(Cl)ccc12. The third-order valence-electron chi connectivity index (χ3n) is 7.87. The molecule has 2 aromatic rings. The minimum Gasteiger partial charge on any atom is -0.508 e. The van der Waals surface area contributed by atoms with Crippen LogP contribution in [0.1, 0.15) is 60.0 Å². The van der Waals surface area contributed by atoms with Gasteiger partial charge in [-0.05, 0) is 73.9 Å². The Morgan fingerprint density at radius 3 is 2.68 bits per heavy atom. The van der Waals surface area contributed by atoms with Gasteiger partial charge in [0.05, 0.1) is 23.9 Å². The van der Waals surface area contributed by atoms with Crippen molar-refractivity contribution in [2.75, 3.05) is 26.2 Å². The summed E-state index contributed by atoms with van der Waals surface area (Å²) in [5.74, 6) is -0.0637. The Kier molecular flexibility index (Phi) is 7.93. The molecule has 1 saturated carbocycles. The molecule has 0 aromatic heterocycles. The van der Waals surface area contributed by atoms with E-state index in [1.54, 1.807) is 0 Å². The molecule has 0 unspecified atom stereocenters. The van der Waals surface area contributed by atoms with Gasteiger partial charge in [0, 0.05) is 36.8 Å². The molecule has 200 valence electrons. The number of benzene rings is 2. The van der Waals surface area contributed by atoms with Crippen LogP contribution in [-0.2, 0) is 16.9 Å². The van der Waals surface area contributed by atoms with Crippen LogP contribution < -0.4 is 10.1 Å². The fourth-order valence-corrected chi connectivity index (χ4v) is 5.96. The molecule has 0 radical (unpaired) electrons. The summed E-state index contributed by atoms with van der Waals surface area (Å²) < 4.78 is 12.1. The first kappa shape index (κ1) is 26.3. The van der Waals surface area contributed by atoms with Crippen molar-refractivity contribution in [3.63, 3.8) is 0 Å². The number of phenolic OH excluding ortho intramolecular Hbond substituents is 1. The van der Waals surface area contributed by atoms with Gasteiger partial charge in [0.1, 0.15) is 24.2 Å². The Balaban J connectivity index is 1.13. The molecule has 2 heterocycles. The van der Waals surface area contributed by atoms with Crippen LogP contribution in [0.4, 0.5) is 0 Å². The van der Waals surface area contributed by atoms with Crippen molar-refractivity contribution < 1.29 is 29.6 Å². The van der Waals surface area contributed by atoms with Gasteiger partial charge in [0.25, 0.3) is 5.91 Å². The van der Waals surface area contributed by atoms with E-state index in [0.29, 0.717) is 31.6 Å². The quantitative estimate of drug-likeness (QED) is 0.434. The van der Waals surface area contributed by atoms with Gasteiger partial charge in [0.2, 0.25) is 0 Å². The fourth-order valence-electron chi connectivity index (χ4n) is 5.77. The van der Waals surface area contributed by atoms with Crippen molar-refractivity contribution in [3.05, 3.63) is 58.1 Å². The number of β-amino-alcohol motifs (C(OH)–C–C–N with tert-alkyl or cyclic N) is 1. The van der Waals surface area contributed by atoms with E-state index in [-0.39, 0.29) is 41.8 Å². The summed E-state index contributed by atoms with van der Waals surface area (Å²) in [6.07, 6.45) is 3.40. The molecule has 1 atom stereocenters. The van der Waals surface area contributed by atoms with E-state index in [0.717, 1.165) is 49.4 Å². The average molecular weight is 531 g/mol. The summed E-state index contributed by atoms with van der Waals surface area (Å²) in [5, 5.41) is 34.1. The maximum absolute atomic E-state index is 12.9. The van der Waals surface area contributed by atoms with Crippen molar-refractivity contribution in [2.24, 2.45) is 0 Å². The van der Waals surface area contributed by atoms with Crippen molar-refractivity contribution in [2.45, 2.75) is 69.0 Å². The standard InChI is InChI=1S/C28H35ClN2O6/c29-19-1-8-25-18(13-19)16-37-28(25)9-11-31(12-10-28)15-23(34)17-36-26-14-22(33)6-7-24(26)27(35)30-20-2-4-21(32)5-3-20/h1,6-8,13-14,20-21,23,32-34H,2-5,9-12,15-17H2,(H,30,35)/t20?,21?,23-/m1/s1. The Bertz CT molecular complexity index is 1110. The summed E-state index contributed by atoms with van der Waals surface area (Å²) in [6.45, 7) is 2.59. The van der Waals surface area contributed by atoms with Crippen molar-refractivity contribution in [1.82, 2.24) is 10.2 Å². The number of fused-ring (bicyclic) bond motifs is 2. The number of rotatable bonds is 7. The molecule has 2 aliphatic heterocycles. The number of nitrogens with one attached hydrogen (secondary N) is 1. The van der Waals surface area contributed by atoms with Crippen LogP contribution in [0.25, 0.3) is 0 Å². The molecule has 9 heteroatoms. The fraction of sp³-hybridized carbons (Fsp3) is 0.536. The minimum atomic E-state index is -0.761. The molecule has 4 N–H and O–H groups in total. The second kappa shape index (κ2) is 11.2. The Morgan fingerprint density at radius 2 is 1.92 bits per heavy atom. The van der Waals surface area contributed by atoms with Crippen LogP contribution in [0.5, 0.6) is 11.5 Å². The van der Waals surface area contributed by atoms with Gasteiger partial charge in [-0.15, -0.1) is 0 Å². The number of hydrogen-bond acceptors (Lipinski definition) is 7. The molecule has 3 aliphatic rings. The highest BCUT2D eigenvalue weighted by atomic mass is 35.5. The summed E-state index contributed by atoms with van der Waals surface area (Å²) in [7, 11) is 0. The Morgan fingerprint density at radius 1 is 1.16 bits per heavy atom. The molecule has 1 amide bonds. The third-order valence-corrected chi connectivity index (χ3v) is 8.10. The number of hydrogen-bond donors (Lipinski definition) is 4. The number of likely N-dealkylation sites (tertiary alicyclic amines) is 1. The topological polar surface area (TPSA) is 111 Å². The second-order valence-corrected chi connectivity index (χ2v) is 10.9. The number of aromatic hydroxyl groups is 1. The van der Waals surface area contributed by atoms with Crippen molar-refractivity contribution in [3.8, 4) is 11.5 Å². The number of aliphatic hydroxyl groups excluding tert-OH is 2. The maximum atomic E-state index is 12.9. The highest BCUT2D eigenvalue weighted by Crippen LogP contribution is 2.44. The predicted octanol–water partition coefficient (Wildman–Crippen LogP) is 3.34. The third kappa shape index (κ3) is 6.04. The lowest BCUT2D eigenvalue weighted by atomic mass is 9.84. The number of ether oxygens (including phenoxy) is 2. The first-order chi connectivity index (χ1) is 17.8. The van der Waals surface area contributed by atoms with Gasteiger partial charge in [-0.25, -0.2) is 0 Å². The molecule has 2 fully saturated rings. The van der Waals surface area contributed by atoms with E-state index in [4.69, 9.17) is 21.1 Å². The lowest BCUT2D eigenvalue weighted by Gasteiger charge is -2.39. The largest absolute Gasteiger partial charge is 0.508 e. The number of halogens is 1. The lowest BCUT2D eigenvalue weighted by Crippen LogP contribution is -2.46. The summed E-state index contributed by atoms with van der Waals surface area (Å²) in [4.78, 5) is 15.1. The summed E-state index contributed by atoms with van der Waals surface area (Å²) in [5.41, 5.74) is 2.41. The maximum Gasteiger partial charge on any atom is 0.255 e. The molecule has 37 heavy (non-hydrogen) atoms. The zero-order chi connectivity index (χ0) is 26.0. The number of piperidine rings is 1. The molecule has 8 nitrogen and oxygen atoms in total. The molecule has 1 saturated heterocycles. The molecule has 2 aromatic carbocycles. The number of carbonyl (C=O) groups excluding carboxylic acids is 1. The number of aliphatic hydroxyl groups is 2. The van der Waals surface area contributed by atoms with Gasteiger partial charge in [-0.1, -0.05) is 17.7 Å². The first-order valence-corrected chi connectivity index (χ1v) is 13.5. The van der Waals surface area contributed by atoms with Gasteiger partial charge in [-0.2, -0.15) is 0 Å². The highest BCUT2D eigenvalue weighted by Gasteiger charge is 2.42. The van der Waals surface area contributed by atoms with Crippen LogP contribution >= 0.6 is 11.6 Å². The average Bonchev–Trinajstić information content (AvgIpc) is 3.22. The van der Waals surface area contributed by atoms with Gasteiger partial charge in [0.15, 0.2) is 0 Å². The first-order valence-electron chi connectivity index (χ1n) is 13.1. The number of phenols is 1. The number of amides is 1. The normalized spacial score (nSPS) is 24.0. The van der Waals surface area contributed by atoms with Crippen LogP contribution in [0.3, 0.4) is 0 Å². The van der Waals surface area contributed by atoms with Crippen molar-refractivity contribution >= 4 is 17.5 Å². The van der Waals surface area contributed by atoms with E-state index in [1.165, 1.54) is 23.8 Å². The zero-order valence-corrected chi connectivity index (χ0v) is 21.6. The smallest absolute Gasteiger partial charge is 0.255 e. The molecule has 0 bridgehead atoms. The molecular formula is C28H35ClN2O6. The minimum absolute atomic E-state index is 0.00116. The van der Waals surface area contributed by atoms with Gasteiger partial charge in [-0.3, -0.25) is 4.79 Å². The van der Waals surface area contributed by atoms with E-state index in [2.05, 4.69) is 16.3 Å². The van der Waals surface area contributed by atoms with E-state index in [9.17, 15) is 20.1 Å². The molecule has 5 rings (SSSR count).